The van der Waals surface area contributed by atoms with Crippen molar-refractivity contribution < 1.29 is 29.0 Å². The molecule has 0 saturated carbocycles. The number of benzene rings is 2. The number of hydrogen-bond donors (Lipinski definition) is 3. The molecule has 0 aliphatic heterocycles. The van der Waals surface area contributed by atoms with Gasteiger partial charge < -0.3 is 25.2 Å². The number of alkyl carbamates (subject to hydrolysis) is 1. The van der Waals surface area contributed by atoms with Gasteiger partial charge in [0, 0.05) is 13.0 Å². The van der Waals surface area contributed by atoms with Crippen LogP contribution in [-0.2, 0) is 19.1 Å². The molecule has 33 heavy (non-hydrogen) atoms. The highest BCUT2D eigenvalue weighted by Crippen LogP contribution is 2.44. The average molecular weight is 455 g/mol. The number of carboxylic acids is 1. The molecule has 0 spiro atoms. The number of carbonyl (C=O) groups is 3. The Hall–Kier alpha value is -3.39. The molecule has 0 heterocycles. The fraction of sp³-hybridized carbons (Fsp3) is 0.400. The summed E-state index contributed by atoms with van der Waals surface area (Å²) >= 11 is 0. The van der Waals surface area contributed by atoms with Crippen molar-refractivity contribution >= 4 is 18.0 Å². The summed E-state index contributed by atoms with van der Waals surface area (Å²) in [6, 6.07) is 15.1. The van der Waals surface area contributed by atoms with Gasteiger partial charge in [0.25, 0.3) is 0 Å². The third kappa shape index (κ3) is 5.51. The van der Waals surface area contributed by atoms with E-state index in [1.54, 1.807) is 20.8 Å². The SMILES string of the molecule is COC(CNC(=O)[C@@H](NC(=O)OCC1c2ccccc2-c2ccccc21)C(C)(C)C)C(=O)O. The second-order valence-corrected chi connectivity index (χ2v) is 9.08. The number of amides is 2. The largest absolute Gasteiger partial charge is 0.479 e. The molecule has 2 aromatic carbocycles. The van der Waals surface area contributed by atoms with Crippen LogP contribution in [0.2, 0.25) is 0 Å². The lowest BCUT2D eigenvalue weighted by Gasteiger charge is -2.30. The van der Waals surface area contributed by atoms with E-state index in [4.69, 9.17) is 14.6 Å². The van der Waals surface area contributed by atoms with E-state index in [2.05, 4.69) is 22.8 Å². The van der Waals surface area contributed by atoms with E-state index in [-0.39, 0.29) is 19.1 Å². The van der Waals surface area contributed by atoms with Gasteiger partial charge in [-0.15, -0.1) is 0 Å². The van der Waals surface area contributed by atoms with Gasteiger partial charge in [-0.1, -0.05) is 69.3 Å². The number of methoxy groups -OCH3 is 1. The third-order valence-corrected chi connectivity index (χ3v) is 5.76. The molecule has 1 aliphatic rings. The van der Waals surface area contributed by atoms with Gasteiger partial charge in [-0.2, -0.15) is 0 Å². The Balaban J connectivity index is 1.66. The molecule has 0 fully saturated rings. The molecule has 8 heteroatoms. The van der Waals surface area contributed by atoms with E-state index in [1.807, 2.05) is 36.4 Å². The van der Waals surface area contributed by atoms with Gasteiger partial charge in [0.2, 0.25) is 5.91 Å². The Kier molecular flexibility index (Phi) is 7.38. The topological polar surface area (TPSA) is 114 Å². The molecular weight excluding hydrogens is 424 g/mol. The van der Waals surface area contributed by atoms with E-state index in [0.29, 0.717) is 0 Å². The summed E-state index contributed by atoms with van der Waals surface area (Å²) < 4.78 is 10.4. The summed E-state index contributed by atoms with van der Waals surface area (Å²) in [6.07, 6.45) is -1.89. The van der Waals surface area contributed by atoms with Crippen molar-refractivity contribution in [3.63, 3.8) is 0 Å². The van der Waals surface area contributed by atoms with Gasteiger partial charge >= 0.3 is 12.1 Å². The zero-order valence-corrected chi connectivity index (χ0v) is 19.3. The zero-order chi connectivity index (χ0) is 24.2. The smallest absolute Gasteiger partial charge is 0.407 e. The summed E-state index contributed by atoms with van der Waals surface area (Å²) in [7, 11) is 1.25. The van der Waals surface area contributed by atoms with Crippen LogP contribution < -0.4 is 10.6 Å². The molecule has 2 amide bonds. The van der Waals surface area contributed by atoms with Crippen molar-refractivity contribution in [2.24, 2.45) is 5.41 Å². The summed E-state index contributed by atoms with van der Waals surface area (Å²) in [5.74, 6) is -1.79. The number of hydrogen-bond acceptors (Lipinski definition) is 5. The summed E-state index contributed by atoms with van der Waals surface area (Å²) in [5, 5.41) is 14.3. The Labute approximate surface area is 193 Å². The van der Waals surface area contributed by atoms with E-state index in [1.165, 1.54) is 7.11 Å². The first-order valence-electron chi connectivity index (χ1n) is 10.8. The predicted octanol–water partition coefficient (Wildman–Crippen LogP) is 3.16. The fourth-order valence-corrected chi connectivity index (χ4v) is 4.00. The average Bonchev–Trinajstić information content (AvgIpc) is 3.09. The Bertz CT molecular complexity index is 984. The monoisotopic (exact) mass is 454 g/mol. The summed E-state index contributed by atoms with van der Waals surface area (Å²) in [5.41, 5.74) is 3.80. The molecule has 0 aromatic heterocycles. The van der Waals surface area contributed by atoms with Crippen molar-refractivity contribution in [1.82, 2.24) is 10.6 Å². The molecule has 3 rings (SSSR count). The highest BCUT2D eigenvalue weighted by atomic mass is 16.5. The lowest BCUT2D eigenvalue weighted by atomic mass is 9.86. The molecule has 1 aliphatic carbocycles. The van der Waals surface area contributed by atoms with Crippen molar-refractivity contribution in [1.29, 1.82) is 0 Å². The lowest BCUT2D eigenvalue weighted by Crippen LogP contribution is -2.55. The first-order chi connectivity index (χ1) is 15.6. The minimum absolute atomic E-state index is 0.0944. The van der Waals surface area contributed by atoms with Gasteiger partial charge in [0.05, 0.1) is 6.54 Å². The number of nitrogens with one attached hydrogen (secondary N) is 2. The van der Waals surface area contributed by atoms with Crippen LogP contribution in [0.3, 0.4) is 0 Å². The molecule has 8 nitrogen and oxygen atoms in total. The predicted molar refractivity (Wildman–Crippen MR) is 123 cm³/mol. The maximum absolute atomic E-state index is 12.7. The number of rotatable bonds is 8. The minimum atomic E-state index is -1.19. The van der Waals surface area contributed by atoms with Crippen molar-refractivity contribution in [2.75, 3.05) is 20.3 Å². The first-order valence-corrected chi connectivity index (χ1v) is 10.8. The fourth-order valence-electron chi connectivity index (χ4n) is 4.00. The van der Waals surface area contributed by atoms with Crippen LogP contribution in [-0.4, -0.2) is 55.5 Å². The Morgan fingerprint density at radius 2 is 1.55 bits per heavy atom. The van der Waals surface area contributed by atoms with Crippen LogP contribution in [0.4, 0.5) is 4.79 Å². The minimum Gasteiger partial charge on any atom is -0.479 e. The first kappa shape index (κ1) is 24.3. The maximum atomic E-state index is 12.7. The highest BCUT2D eigenvalue weighted by molar-refractivity contribution is 5.87. The van der Waals surface area contributed by atoms with Gasteiger partial charge in [0.15, 0.2) is 6.10 Å². The van der Waals surface area contributed by atoms with E-state index >= 15 is 0 Å². The summed E-state index contributed by atoms with van der Waals surface area (Å²) in [4.78, 5) is 36.5. The molecule has 1 unspecified atom stereocenters. The molecule has 0 bridgehead atoms. The molecule has 176 valence electrons. The van der Waals surface area contributed by atoms with Crippen LogP contribution in [0.25, 0.3) is 11.1 Å². The molecule has 0 saturated heterocycles. The Morgan fingerprint density at radius 1 is 1.00 bits per heavy atom. The normalized spacial score (nSPS) is 14.5. The molecule has 2 aromatic rings. The standard InChI is InChI=1S/C25H30N2O6/c1-25(2,3)21(22(28)26-13-20(32-4)23(29)30)27-24(31)33-14-19-17-11-7-5-9-15(17)16-10-6-8-12-18(16)19/h5-12,19-21H,13-14H2,1-4H3,(H,26,28)(H,27,31)(H,29,30)/t20?,21-/m1/s1. The van der Waals surface area contributed by atoms with Crippen molar-refractivity contribution in [3.05, 3.63) is 59.7 Å². The van der Waals surface area contributed by atoms with Gasteiger partial charge in [0.1, 0.15) is 12.6 Å². The van der Waals surface area contributed by atoms with Crippen LogP contribution in [0.1, 0.15) is 37.8 Å². The molecule has 0 radical (unpaired) electrons. The highest BCUT2D eigenvalue weighted by Gasteiger charge is 2.35. The van der Waals surface area contributed by atoms with E-state index in [0.717, 1.165) is 22.3 Å². The van der Waals surface area contributed by atoms with E-state index < -0.39 is 35.5 Å². The Morgan fingerprint density at radius 3 is 2.03 bits per heavy atom. The lowest BCUT2D eigenvalue weighted by molar-refractivity contribution is -0.148. The van der Waals surface area contributed by atoms with Gasteiger partial charge in [-0.25, -0.2) is 9.59 Å². The van der Waals surface area contributed by atoms with Crippen LogP contribution >= 0.6 is 0 Å². The zero-order valence-electron chi connectivity index (χ0n) is 19.3. The maximum Gasteiger partial charge on any atom is 0.407 e. The summed E-state index contributed by atoms with van der Waals surface area (Å²) in [6.45, 7) is 5.30. The second-order valence-electron chi connectivity index (χ2n) is 9.08. The number of fused-ring (bicyclic) bond motifs is 3. The number of aliphatic carboxylic acids is 1. The van der Waals surface area contributed by atoms with Crippen LogP contribution in [0.5, 0.6) is 0 Å². The van der Waals surface area contributed by atoms with E-state index in [9.17, 15) is 14.4 Å². The van der Waals surface area contributed by atoms with Crippen molar-refractivity contribution in [3.8, 4) is 11.1 Å². The third-order valence-electron chi connectivity index (χ3n) is 5.76. The second kappa shape index (κ2) is 10.0. The molecular formula is C25H30N2O6. The molecule has 3 N–H and O–H groups in total. The number of ether oxygens (including phenoxy) is 2. The van der Waals surface area contributed by atoms with Crippen LogP contribution in [0.15, 0.2) is 48.5 Å². The quantitative estimate of drug-likeness (QED) is 0.565. The van der Waals surface area contributed by atoms with Crippen LogP contribution in [0, 0.1) is 5.41 Å². The number of carboxylic acid groups (broad SMARTS) is 1. The number of carbonyl (C=O) groups excluding carboxylic acids is 2. The van der Waals surface area contributed by atoms with Gasteiger partial charge in [-0.3, -0.25) is 4.79 Å². The molecule has 2 atom stereocenters. The van der Waals surface area contributed by atoms with Crippen molar-refractivity contribution in [2.45, 2.75) is 38.8 Å². The van der Waals surface area contributed by atoms with Gasteiger partial charge in [-0.05, 0) is 27.7 Å².